The topological polar surface area (TPSA) is 84.1 Å². The Labute approximate surface area is 201 Å². The number of amides is 1. The highest BCUT2D eigenvalue weighted by atomic mass is 35.5. The number of esters is 1. The number of thioether (sulfide) groups is 1. The summed E-state index contributed by atoms with van der Waals surface area (Å²) < 4.78 is 10.8. The SMILES string of the molecule is CC1=C(C(=O)OC(C)C)[C@@H](c2ccccc2Cl)N2C(CC(=O)NCc3ccco3)=CSC2=N1. The maximum absolute atomic E-state index is 13.1. The first-order chi connectivity index (χ1) is 15.8. The van der Waals surface area contributed by atoms with Crippen LogP contribution in [0.5, 0.6) is 0 Å². The number of aliphatic imine (C=N–C) groups is 1. The molecule has 4 rings (SSSR count). The van der Waals surface area contributed by atoms with Gasteiger partial charge in [0.25, 0.3) is 0 Å². The van der Waals surface area contributed by atoms with Crippen molar-refractivity contribution in [2.45, 2.75) is 45.9 Å². The van der Waals surface area contributed by atoms with Crippen molar-refractivity contribution in [3.63, 3.8) is 0 Å². The van der Waals surface area contributed by atoms with Gasteiger partial charge in [-0.05, 0) is 49.9 Å². The van der Waals surface area contributed by atoms with Crippen LogP contribution in [0.3, 0.4) is 0 Å². The van der Waals surface area contributed by atoms with E-state index in [4.69, 9.17) is 20.8 Å². The van der Waals surface area contributed by atoms with E-state index >= 15 is 0 Å². The summed E-state index contributed by atoms with van der Waals surface area (Å²) >= 11 is 7.99. The number of hydrogen-bond donors (Lipinski definition) is 1. The molecule has 9 heteroatoms. The van der Waals surface area contributed by atoms with Crippen molar-refractivity contribution in [3.05, 3.63) is 81.4 Å². The Morgan fingerprint density at radius 3 is 2.76 bits per heavy atom. The highest BCUT2D eigenvalue weighted by Crippen LogP contribution is 2.46. The molecule has 0 bridgehead atoms. The number of halogens is 1. The highest BCUT2D eigenvalue weighted by Gasteiger charge is 2.42. The van der Waals surface area contributed by atoms with Crippen LogP contribution in [0.4, 0.5) is 0 Å². The maximum atomic E-state index is 13.1. The van der Waals surface area contributed by atoms with Gasteiger partial charge < -0.3 is 19.4 Å². The zero-order valence-electron chi connectivity index (χ0n) is 18.5. The zero-order chi connectivity index (χ0) is 23.5. The summed E-state index contributed by atoms with van der Waals surface area (Å²) in [5.41, 5.74) is 2.44. The van der Waals surface area contributed by atoms with Gasteiger partial charge in [0.05, 0.1) is 42.6 Å². The number of hydrogen-bond acceptors (Lipinski definition) is 7. The molecule has 0 unspecified atom stereocenters. The monoisotopic (exact) mass is 485 g/mol. The number of nitrogens with zero attached hydrogens (tertiary/aromatic N) is 2. The summed E-state index contributed by atoms with van der Waals surface area (Å²) in [4.78, 5) is 32.4. The number of nitrogens with one attached hydrogen (secondary N) is 1. The quantitative estimate of drug-likeness (QED) is 0.545. The molecule has 1 aromatic carbocycles. The first-order valence-corrected chi connectivity index (χ1v) is 11.8. The van der Waals surface area contributed by atoms with Gasteiger partial charge in [-0.2, -0.15) is 0 Å². The van der Waals surface area contributed by atoms with E-state index in [1.807, 2.05) is 28.5 Å². The van der Waals surface area contributed by atoms with Crippen molar-refractivity contribution in [1.82, 2.24) is 10.2 Å². The Kier molecular flexibility index (Phi) is 6.95. The van der Waals surface area contributed by atoms with E-state index in [0.29, 0.717) is 33.8 Å². The second-order valence-corrected chi connectivity index (χ2v) is 9.15. The Hall–Kier alpha value is -2.97. The van der Waals surface area contributed by atoms with Gasteiger partial charge in [0.1, 0.15) is 5.76 Å². The van der Waals surface area contributed by atoms with Crippen molar-refractivity contribution < 1.29 is 18.7 Å². The summed E-state index contributed by atoms with van der Waals surface area (Å²) in [6, 6.07) is 10.4. The lowest BCUT2D eigenvalue weighted by Gasteiger charge is -2.36. The number of fused-ring (bicyclic) bond motifs is 1. The fourth-order valence-electron chi connectivity index (χ4n) is 3.73. The average Bonchev–Trinajstić information content (AvgIpc) is 3.41. The molecule has 172 valence electrons. The van der Waals surface area contributed by atoms with E-state index in [9.17, 15) is 9.59 Å². The maximum Gasteiger partial charge on any atom is 0.338 e. The third-order valence-electron chi connectivity index (χ3n) is 5.14. The fourth-order valence-corrected chi connectivity index (χ4v) is 4.93. The minimum atomic E-state index is -0.559. The highest BCUT2D eigenvalue weighted by molar-refractivity contribution is 8.16. The molecule has 7 nitrogen and oxygen atoms in total. The molecule has 0 fully saturated rings. The zero-order valence-corrected chi connectivity index (χ0v) is 20.1. The van der Waals surface area contributed by atoms with Crippen molar-refractivity contribution in [2.75, 3.05) is 0 Å². The number of furan rings is 1. The Balaban J connectivity index is 1.65. The van der Waals surface area contributed by atoms with Crippen LogP contribution >= 0.6 is 23.4 Å². The summed E-state index contributed by atoms with van der Waals surface area (Å²) in [5.74, 6) is 0.0494. The standard InChI is InChI=1S/C24H24ClN3O4S/c1-14(2)32-23(30)21-15(3)27-24-28(22(21)18-8-4-5-9-19(18)25)16(13-33-24)11-20(29)26-12-17-7-6-10-31-17/h4-10,13-14,22H,11-12H2,1-3H3,(H,26,29)/t22-/m1/s1. The number of amidine groups is 1. The molecule has 0 radical (unpaired) electrons. The van der Waals surface area contributed by atoms with Crippen LogP contribution in [0.2, 0.25) is 5.02 Å². The second-order valence-electron chi connectivity index (χ2n) is 7.90. The van der Waals surface area contributed by atoms with Crippen molar-refractivity contribution in [3.8, 4) is 0 Å². The molecule has 2 aliphatic heterocycles. The largest absolute Gasteiger partial charge is 0.467 e. The summed E-state index contributed by atoms with van der Waals surface area (Å²) in [7, 11) is 0. The van der Waals surface area contributed by atoms with E-state index in [-0.39, 0.29) is 18.4 Å². The molecule has 0 saturated carbocycles. The Morgan fingerprint density at radius 1 is 1.27 bits per heavy atom. The first-order valence-electron chi connectivity index (χ1n) is 10.5. The number of carbonyl (C=O) groups excluding carboxylic acids is 2. The number of ether oxygens (including phenoxy) is 1. The number of rotatable bonds is 7. The first kappa shape index (κ1) is 23.2. The minimum Gasteiger partial charge on any atom is -0.467 e. The van der Waals surface area contributed by atoms with Crippen LogP contribution in [0.15, 0.2) is 74.4 Å². The summed E-state index contributed by atoms with van der Waals surface area (Å²) in [6.07, 6.45) is 1.39. The van der Waals surface area contributed by atoms with E-state index in [1.54, 1.807) is 45.2 Å². The van der Waals surface area contributed by atoms with Crippen LogP contribution in [-0.4, -0.2) is 28.0 Å². The molecule has 2 aliphatic rings. The Bertz CT molecular complexity index is 1150. The van der Waals surface area contributed by atoms with Gasteiger partial charge in [0.15, 0.2) is 5.17 Å². The lowest BCUT2D eigenvalue weighted by atomic mass is 9.93. The van der Waals surface area contributed by atoms with Crippen LogP contribution in [0.25, 0.3) is 0 Å². The molecule has 33 heavy (non-hydrogen) atoms. The van der Waals surface area contributed by atoms with Crippen LogP contribution in [0, 0.1) is 0 Å². The van der Waals surface area contributed by atoms with E-state index < -0.39 is 12.0 Å². The van der Waals surface area contributed by atoms with Gasteiger partial charge >= 0.3 is 5.97 Å². The third-order valence-corrected chi connectivity index (χ3v) is 6.38. The molecular weight excluding hydrogens is 462 g/mol. The van der Waals surface area contributed by atoms with Crippen LogP contribution < -0.4 is 5.32 Å². The Morgan fingerprint density at radius 2 is 2.06 bits per heavy atom. The van der Waals surface area contributed by atoms with Crippen molar-refractivity contribution in [1.29, 1.82) is 0 Å². The minimum absolute atomic E-state index is 0.110. The van der Waals surface area contributed by atoms with Crippen LogP contribution in [-0.2, 0) is 20.9 Å². The smallest absolute Gasteiger partial charge is 0.338 e. The average molecular weight is 486 g/mol. The number of carbonyl (C=O) groups is 2. The van der Waals surface area contributed by atoms with Crippen molar-refractivity contribution in [2.24, 2.45) is 4.99 Å². The van der Waals surface area contributed by atoms with E-state index in [1.165, 1.54) is 11.8 Å². The predicted molar refractivity (Wildman–Crippen MR) is 128 cm³/mol. The lowest BCUT2D eigenvalue weighted by Crippen LogP contribution is -2.38. The molecule has 0 spiro atoms. The fraction of sp³-hybridized carbons (Fsp3) is 0.292. The van der Waals surface area contributed by atoms with Crippen molar-refractivity contribution >= 4 is 40.4 Å². The lowest BCUT2D eigenvalue weighted by molar-refractivity contribution is -0.143. The van der Waals surface area contributed by atoms with Gasteiger partial charge in [0, 0.05) is 10.7 Å². The van der Waals surface area contributed by atoms with E-state index in [0.717, 1.165) is 11.3 Å². The molecule has 3 heterocycles. The summed E-state index contributed by atoms with van der Waals surface area (Å²) in [6.45, 7) is 5.69. The molecule has 2 aromatic rings. The molecule has 1 atom stereocenters. The third kappa shape index (κ3) is 5.02. The second kappa shape index (κ2) is 9.89. The van der Waals surface area contributed by atoms with Gasteiger partial charge in [0.2, 0.25) is 5.91 Å². The van der Waals surface area contributed by atoms with Crippen LogP contribution in [0.1, 0.15) is 44.6 Å². The molecule has 1 amide bonds. The number of benzene rings is 1. The molecule has 0 aliphatic carbocycles. The molecular formula is C24H24ClN3O4S. The molecule has 0 saturated heterocycles. The van der Waals surface area contributed by atoms with E-state index in [2.05, 4.69) is 10.3 Å². The van der Waals surface area contributed by atoms with Gasteiger partial charge in [-0.25, -0.2) is 9.79 Å². The van der Waals surface area contributed by atoms with Gasteiger partial charge in [-0.1, -0.05) is 41.6 Å². The normalized spacial score (nSPS) is 17.6. The number of allylic oxidation sites excluding steroid dienone is 1. The predicted octanol–water partition coefficient (Wildman–Crippen LogP) is 5.17. The summed E-state index contributed by atoms with van der Waals surface area (Å²) in [5, 5.41) is 5.96. The van der Waals surface area contributed by atoms with Gasteiger partial charge in [-0.15, -0.1) is 0 Å². The molecule has 1 N–H and O–H groups in total. The molecule has 1 aromatic heterocycles. The van der Waals surface area contributed by atoms with Gasteiger partial charge in [-0.3, -0.25) is 4.79 Å².